The van der Waals surface area contributed by atoms with Gasteiger partial charge in [0.25, 0.3) is 0 Å². The van der Waals surface area contributed by atoms with Crippen LogP contribution in [0.15, 0.2) is 18.2 Å². The Morgan fingerprint density at radius 3 is 2.71 bits per heavy atom. The lowest BCUT2D eigenvalue weighted by molar-refractivity contribution is -0.127. The SMILES string of the molecule is NC1CCC(C(=O)NCC(=O)Nc2cc(Cl)ccc2Cl)C1. The highest BCUT2D eigenvalue weighted by atomic mass is 35.5. The molecule has 1 aromatic rings. The molecule has 1 fully saturated rings. The van der Waals surface area contributed by atoms with Crippen molar-refractivity contribution in [2.45, 2.75) is 25.3 Å². The van der Waals surface area contributed by atoms with Crippen LogP contribution >= 0.6 is 23.2 Å². The third-order valence-corrected chi connectivity index (χ3v) is 4.03. The van der Waals surface area contributed by atoms with E-state index in [2.05, 4.69) is 10.6 Å². The first-order valence-corrected chi connectivity index (χ1v) is 7.49. The van der Waals surface area contributed by atoms with Crippen LogP contribution in [0.4, 0.5) is 5.69 Å². The van der Waals surface area contributed by atoms with Gasteiger partial charge in [-0.1, -0.05) is 23.2 Å². The maximum Gasteiger partial charge on any atom is 0.243 e. The van der Waals surface area contributed by atoms with Crippen molar-refractivity contribution in [3.63, 3.8) is 0 Å². The minimum atomic E-state index is -0.352. The molecule has 0 radical (unpaired) electrons. The van der Waals surface area contributed by atoms with E-state index in [0.29, 0.717) is 22.2 Å². The number of halogens is 2. The molecule has 114 valence electrons. The van der Waals surface area contributed by atoms with Crippen molar-refractivity contribution in [2.75, 3.05) is 11.9 Å². The van der Waals surface area contributed by atoms with Crippen LogP contribution in [0.5, 0.6) is 0 Å². The van der Waals surface area contributed by atoms with Gasteiger partial charge in [0, 0.05) is 17.0 Å². The van der Waals surface area contributed by atoms with Crippen LogP contribution < -0.4 is 16.4 Å². The summed E-state index contributed by atoms with van der Waals surface area (Å²) in [6.45, 7) is -0.104. The van der Waals surface area contributed by atoms with Gasteiger partial charge in [0.2, 0.25) is 11.8 Å². The molecule has 2 atom stereocenters. The molecule has 2 amide bonds. The number of amides is 2. The molecule has 4 N–H and O–H groups in total. The molecule has 5 nitrogen and oxygen atoms in total. The number of hydrogen-bond donors (Lipinski definition) is 3. The van der Waals surface area contributed by atoms with Crippen LogP contribution in [0.1, 0.15) is 19.3 Å². The zero-order chi connectivity index (χ0) is 15.4. The van der Waals surface area contributed by atoms with Gasteiger partial charge in [-0.3, -0.25) is 9.59 Å². The average molecular weight is 330 g/mol. The van der Waals surface area contributed by atoms with Crippen molar-refractivity contribution in [3.8, 4) is 0 Å². The Morgan fingerprint density at radius 1 is 1.29 bits per heavy atom. The number of carbonyl (C=O) groups excluding carboxylic acids is 2. The summed E-state index contributed by atoms with van der Waals surface area (Å²) in [7, 11) is 0. The Kier molecular flexibility index (Phi) is 5.45. The fourth-order valence-electron chi connectivity index (χ4n) is 2.35. The molecule has 0 heterocycles. The topological polar surface area (TPSA) is 84.2 Å². The first-order chi connectivity index (χ1) is 9.95. The standard InChI is InChI=1S/C14H17Cl2N3O2/c15-9-2-4-11(16)12(6-9)19-13(20)7-18-14(21)8-1-3-10(17)5-8/h2,4,6,8,10H,1,3,5,7,17H2,(H,18,21)(H,19,20). The Morgan fingerprint density at radius 2 is 2.05 bits per heavy atom. The second-order valence-corrected chi connectivity index (χ2v) is 6.00. The third kappa shape index (κ3) is 4.59. The number of benzene rings is 1. The Bertz CT molecular complexity index is 551. The summed E-state index contributed by atoms with van der Waals surface area (Å²) >= 11 is 11.8. The minimum absolute atomic E-state index is 0.0832. The van der Waals surface area contributed by atoms with E-state index in [0.717, 1.165) is 12.8 Å². The fourth-order valence-corrected chi connectivity index (χ4v) is 2.69. The molecule has 2 unspecified atom stereocenters. The summed E-state index contributed by atoms with van der Waals surface area (Å²) in [5.74, 6) is -0.576. The summed E-state index contributed by atoms with van der Waals surface area (Å²) in [6, 6.07) is 4.86. The van der Waals surface area contributed by atoms with Crippen molar-refractivity contribution in [1.82, 2.24) is 5.32 Å². The number of hydrogen-bond acceptors (Lipinski definition) is 3. The van der Waals surface area contributed by atoms with E-state index in [-0.39, 0.29) is 30.3 Å². The highest BCUT2D eigenvalue weighted by molar-refractivity contribution is 6.35. The molecule has 0 saturated heterocycles. The largest absolute Gasteiger partial charge is 0.347 e. The monoisotopic (exact) mass is 329 g/mol. The van der Waals surface area contributed by atoms with Gasteiger partial charge >= 0.3 is 0 Å². The molecule has 21 heavy (non-hydrogen) atoms. The molecule has 0 spiro atoms. The number of rotatable bonds is 4. The molecule has 2 rings (SSSR count). The second-order valence-electron chi connectivity index (χ2n) is 5.16. The average Bonchev–Trinajstić information content (AvgIpc) is 2.87. The van der Waals surface area contributed by atoms with Crippen LogP contribution in [-0.4, -0.2) is 24.4 Å². The Hall–Kier alpha value is -1.30. The first kappa shape index (κ1) is 16.1. The van der Waals surface area contributed by atoms with Crippen LogP contribution in [0, 0.1) is 5.92 Å². The van der Waals surface area contributed by atoms with Crippen molar-refractivity contribution >= 4 is 40.7 Å². The van der Waals surface area contributed by atoms with Crippen LogP contribution in [0.2, 0.25) is 10.0 Å². The van der Waals surface area contributed by atoms with E-state index >= 15 is 0 Å². The summed E-state index contributed by atoms with van der Waals surface area (Å²) in [5, 5.41) is 6.09. The predicted octanol–water partition coefficient (Wildman–Crippen LogP) is 2.18. The smallest absolute Gasteiger partial charge is 0.243 e. The highest BCUT2D eigenvalue weighted by Crippen LogP contribution is 2.25. The highest BCUT2D eigenvalue weighted by Gasteiger charge is 2.27. The van der Waals surface area contributed by atoms with Crippen LogP contribution in [0.3, 0.4) is 0 Å². The summed E-state index contributed by atoms with van der Waals surface area (Å²) < 4.78 is 0. The fraction of sp³-hybridized carbons (Fsp3) is 0.429. The van der Waals surface area contributed by atoms with E-state index in [1.807, 2.05) is 0 Å². The number of nitrogens with one attached hydrogen (secondary N) is 2. The normalized spacial score (nSPS) is 21.1. The molecule has 0 aromatic heterocycles. The van der Waals surface area contributed by atoms with Crippen molar-refractivity contribution < 1.29 is 9.59 Å². The summed E-state index contributed by atoms with van der Waals surface area (Å²) in [6.07, 6.45) is 2.30. The van der Waals surface area contributed by atoms with Gasteiger partial charge in [0.1, 0.15) is 0 Å². The maximum atomic E-state index is 11.9. The molecule has 1 aliphatic rings. The zero-order valence-corrected chi connectivity index (χ0v) is 12.9. The van der Waals surface area contributed by atoms with Gasteiger partial charge < -0.3 is 16.4 Å². The van der Waals surface area contributed by atoms with E-state index in [1.54, 1.807) is 18.2 Å². The molecule has 0 aliphatic heterocycles. The molecule has 1 aromatic carbocycles. The summed E-state index contributed by atoms with van der Waals surface area (Å²) in [5.41, 5.74) is 6.19. The molecule has 1 saturated carbocycles. The van der Waals surface area contributed by atoms with Gasteiger partial charge in [-0.15, -0.1) is 0 Å². The Labute approximate surface area is 133 Å². The van der Waals surface area contributed by atoms with Gasteiger partial charge in [-0.2, -0.15) is 0 Å². The lowest BCUT2D eigenvalue weighted by Gasteiger charge is -2.11. The van der Waals surface area contributed by atoms with Crippen LogP contribution in [-0.2, 0) is 9.59 Å². The predicted molar refractivity (Wildman–Crippen MR) is 83.4 cm³/mol. The van der Waals surface area contributed by atoms with Gasteiger partial charge in [-0.05, 0) is 37.5 Å². The van der Waals surface area contributed by atoms with Crippen molar-refractivity contribution in [1.29, 1.82) is 0 Å². The third-order valence-electron chi connectivity index (χ3n) is 3.47. The molecular weight excluding hydrogens is 313 g/mol. The van der Waals surface area contributed by atoms with Gasteiger partial charge in [0.15, 0.2) is 0 Å². The number of nitrogens with two attached hydrogens (primary N) is 1. The maximum absolute atomic E-state index is 11.9. The van der Waals surface area contributed by atoms with E-state index < -0.39 is 0 Å². The molecule has 0 bridgehead atoms. The second kappa shape index (κ2) is 7.11. The number of anilines is 1. The minimum Gasteiger partial charge on any atom is -0.347 e. The van der Waals surface area contributed by atoms with E-state index in [9.17, 15) is 9.59 Å². The molecular formula is C14H17Cl2N3O2. The van der Waals surface area contributed by atoms with E-state index in [1.165, 1.54) is 0 Å². The molecule has 1 aliphatic carbocycles. The van der Waals surface area contributed by atoms with Gasteiger partial charge in [0.05, 0.1) is 17.3 Å². The zero-order valence-electron chi connectivity index (χ0n) is 11.4. The molecule has 7 heteroatoms. The van der Waals surface area contributed by atoms with Crippen molar-refractivity contribution in [3.05, 3.63) is 28.2 Å². The van der Waals surface area contributed by atoms with E-state index in [4.69, 9.17) is 28.9 Å². The van der Waals surface area contributed by atoms with Crippen molar-refractivity contribution in [2.24, 2.45) is 11.7 Å². The first-order valence-electron chi connectivity index (χ1n) is 6.74. The Balaban J connectivity index is 1.82. The lowest BCUT2D eigenvalue weighted by Crippen LogP contribution is -2.36. The lowest BCUT2D eigenvalue weighted by atomic mass is 10.1. The van der Waals surface area contributed by atoms with Gasteiger partial charge in [-0.25, -0.2) is 0 Å². The quantitative estimate of drug-likeness (QED) is 0.791. The number of carbonyl (C=O) groups is 2. The van der Waals surface area contributed by atoms with Crippen LogP contribution in [0.25, 0.3) is 0 Å². The summed E-state index contributed by atoms with van der Waals surface area (Å²) in [4.78, 5) is 23.7.